The zero-order chi connectivity index (χ0) is 17.4. The summed E-state index contributed by atoms with van der Waals surface area (Å²) in [6.45, 7) is 2.02. The molecular weight excluding hydrogens is 376 g/mol. The van der Waals surface area contributed by atoms with Gasteiger partial charge in [-0.15, -0.1) is 0 Å². The van der Waals surface area contributed by atoms with Gasteiger partial charge in [-0.25, -0.2) is 0 Å². The predicted octanol–water partition coefficient (Wildman–Crippen LogP) is 4.65. The molecule has 25 heavy (non-hydrogen) atoms. The maximum atomic E-state index is 4.86. The molecule has 130 valence electrons. The van der Waals surface area contributed by atoms with Gasteiger partial charge < -0.3 is 14.8 Å². The highest BCUT2D eigenvalue weighted by molar-refractivity contribution is 9.10. The molecule has 0 radical (unpaired) electrons. The summed E-state index contributed by atoms with van der Waals surface area (Å²) in [5.74, 6) is 0. The number of nitrogens with zero attached hydrogens (tertiary/aromatic N) is 3. The highest BCUT2D eigenvalue weighted by atomic mass is 79.9. The first-order chi connectivity index (χ1) is 12.1. The molecule has 0 amide bonds. The third-order valence-electron chi connectivity index (χ3n) is 4.79. The molecule has 1 aromatic heterocycles. The van der Waals surface area contributed by atoms with E-state index in [1.165, 1.54) is 16.8 Å². The summed E-state index contributed by atoms with van der Waals surface area (Å²) < 4.78 is 3.36. The molecule has 0 saturated heterocycles. The third-order valence-corrected chi connectivity index (χ3v) is 5.43. The van der Waals surface area contributed by atoms with E-state index in [4.69, 9.17) is 4.99 Å². The van der Waals surface area contributed by atoms with Crippen LogP contribution in [0.15, 0.2) is 39.9 Å². The number of aryl methyl sites for hydroxylation is 1. The first-order valence-corrected chi connectivity index (χ1v) is 9.61. The lowest BCUT2D eigenvalue weighted by Gasteiger charge is -2.18. The minimum atomic E-state index is 0.939. The van der Waals surface area contributed by atoms with Crippen molar-refractivity contribution in [2.45, 2.75) is 19.3 Å². The number of nitrogens with one attached hydrogen (secondary N) is 1. The van der Waals surface area contributed by atoms with E-state index in [1.54, 1.807) is 0 Å². The zero-order valence-corrected chi connectivity index (χ0v) is 16.3. The topological polar surface area (TPSA) is 32.6 Å². The molecule has 0 bridgehead atoms. The molecule has 5 heteroatoms. The van der Waals surface area contributed by atoms with Gasteiger partial charge in [-0.05, 0) is 79.6 Å². The zero-order valence-electron chi connectivity index (χ0n) is 14.7. The van der Waals surface area contributed by atoms with Crippen LogP contribution >= 0.6 is 15.9 Å². The summed E-state index contributed by atoms with van der Waals surface area (Å²) in [5.41, 5.74) is 7.16. The van der Waals surface area contributed by atoms with E-state index in [0.29, 0.717) is 0 Å². The Hall–Kier alpha value is -1.85. The van der Waals surface area contributed by atoms with Gasteiger partial charge in [0, 0.05) is 29.0 Å². The number of aromatic nitrogens is 1. The van der Waals surface area contributed by atoms with Crippen molar-refractivity contribution in [3.63, 3.8) is 0 Å². The Morgan fingerprint density at radius 3 is 3.00 bits per heavy atom. The number of benzene rings is 1. The van der Waals surface area contributed by atoms with E-state index in [2.05, 4.69) is 75.3 Å². The molecule has 4 rings (SSSR count). The molecular formula is C20H23BrN4. The van der Waals surface area contributed by atoms with Gasteiger partial charge in [0.1, 0.15) is 5.69 Å². The van der Waals surface area contributed by atoms with Crippen LogP contribution in [-0.4, -0.2) is 42.9 Å². The van der Waals surface area contributed by atoms with Gasteiger partial charge in [-0.2, -0.15) is 0 Å². The largest absolute Gasteiger partial charge is 0.383 e. The van der Waals surface area contributed by atoms with Crippen molar-refractivity contribution in [1.82, 2.24) is 9.47 Å². The van der Waals surface area contributed by atoms with Crippen molar-refractivity contribution >= 4 is 39.1 Å². The van der Waals surface area contributed by atoms with Crippen LogP contribution in [0.4, 0.5) is 11.4 Å². The number of allylic oxidation sites excluding steroid dienone is 2. The number of aliphatic imine (C=N–C) groups is 1. The minimum Gasteiger partial charge on any atom is -0.383 e. The van der Waals surface area contributed by atoms with Crippen LogP contribution in [0.25, 0.3) is 11.3 Å². The number of halogens is 1. The summed E-state index contributed by atoms with van der Waals surface area (Å²) in [7, 11) is 4.22. The third kappa shape index (κ3) is 3.07. The van der Waals surface area contributed by atoms with Crippen LogP contribution in [0.2, 0.25) is 0 Å². The molecule has 0 spiro atoms. The fourth-order valence-electron chi connectivity index (χ4n) is 3.59. The minimum absolute atomic E-state index is 0.939. The molecule has 0 saturated carbocycles. The highest BCUT2D eigenvalue weighted by Gasteiger charge is 2.23. The van der Waals surface area contributed by atoms with E-state index in [9.17, 15) is 0 Å². The van der Waals surface area contributed by atoms with Gasteiger partial charge in [-0.1, -0.05) is 6.08 Å². The quantitative estimate of drug-likeness (QED) is 0.743. The van der Waals surface area contributed by atoms with Crippen molar-refractivity contribution < 1.29 is 0 Å². The average Bonchev–Trinajstić information content (AvgIpc) is 2.93. The first kappa shape index (κ1) is 16.6. The number of hydrogen-bond donors (Lipinski definition) is 1. The lowest BCUT2D eigenvalue weighted by Crippen LogP contribution is -2.16. The van der Waals surface area contributed by atoms with Crippen LogP contribution in [0.3, 0.4) is 0 Å². The Balaban J connectivity index is 1.74. The summed E-state index contributed by atoms with van der Waals surface area (Å²) in [5, 5.41) is 3.58. The number of rotatable bonds is 5. The predicted molar refractivity (Wildman–Crippen MR) is 110 cm³/mol. The molecule has 0 atom stereocenters. The molecule has 1 aromatic carbocycles. The highest BCUT2D eigenvalue weighted by Crippen LogP contribution is 2.43. The van der Waals surface area contributed by atoms with Crippen LogP contribution in [-0.2, 0) is 6.42 Å². The second-order valence-electron chi connectivity index (χ2n) is 6.89. The average molecular weight is 399 g/mol. The van der Waals surface area contributed by atoms with E-state index < -0.39 is 0 Å². The van der Waals surface area contributed by atoms with Crippen LogP contribution in [0.5, 0.6) is 0 Å². The normalized spacial score (nSPS) is 14.8. The second kappa shape index (κ2) is 6.81. The van der Waals surface area contributed by atoms with Crippen molar-refractivity contribution in [1.29, 1.82) is 0 Å². The van der Waals surface area contributed by atoms with E-state index in [0.717, 1.165) is 53.9 Å². The Bertz CT molecular complexity index is 861. The Morgan fingerprint density at radius 1 is 1.28 bits per heavy atom. The van der Waals surface area contributed by atoms with E-state index in [1.807, 2.05) is 6.21 Å². The Morgan fingerprint density at radius 2 is 2.16 bits per heavy atom. The summed E-state index contributed by atoms with van der Waals surface area (Å²) in [6, 6.07) is 6.48. The monoisotopic (exact) mass is 398 g/mol. The van der Waals surface area contributed by atoms with E-state index >= 15 is 0 Å². The van der Waals surface area contributed by atoms with Gasteiger partial charge in [0.15, 0.2) is 0 Å². The molecule has 0 unspecified atom stereocenters. The summed E-state index contributed by atoms with van der Waals surface area (Å²) in [4.78, 5) is 7.07. The SMILES string of the molecule is CN(C)CCCNc1ccc(Br)c2c1N=CC1=CCCc3ccn-2c31. The Labute approximate surface area is 157 Å². The van der Waals surface area contributed by atoms with Crippen molar-refractivity contribution in [2.75, 3.05) is 32.5 Å². The van der Waals surface area contributed by atoms with E-state index in [-0.39, 0.29) is 0 Å². The van der Waals surface area contributed by atoms with Crippen molar-refractivity contribution in [3.8, 4) is 5.69 Å². The smallest absolute Gasteiger partial charge is 0.111 e. The molecule has 1 aliphatic heterocycles. The van der Waals surface area contributed by atoms with Crippen LogP contribution in [0.1, 0.15) is 24.1 Å². The summed E-state index contributed by atoms with van der Waals surface area (Å²) in [6.07, 6.45) is 9.80. The van der Waals surface area contributed by atoms with Gasteiger partial charge in [0.05, 0.1) is 17.1 Å². The fourth-order valence-corrected chi connectivity index (χ4v) is 4.10. The molecule has 4 nitrogen and oxygen atoms in total. The van der Waals surface area contributed by atoms with Crippen LogP contribution < -0.4 is 5.32 Å². The van der Waals surface area contributed by atoms with Crippen molar-refractivity contribution in [2.24, 2.45) is 4.99 Å². The molecule has 1 N–H and O–H groups in total. The number of fused-ring (bicyclic) bond motifs is 2. The number of hydrogen-bond acceptors (Lipinski definition) is 3. The Kier molecular flexibility index (Phi) is 4.52. The fraction of sp³-hybridized carbons (Fsp3) is 0.350. The molecule has 2 aliphatic rings. The maximum Gasteiger partial charge on any atom is 0.111 e. The van der Waals surface area contributed by atoms with Gasteiger partial charge >= 0.3 is 0 Å². The number of anilines is 1. The lowest BCUT2D eigenvalue weighted by molar-refractivity contribution is 0.405. The summed E-state index contributed by atoms with van der Waals surface area (Å²) >= 11 is 3.74. The van der Waals surface area contributed by atoms with Gasteiger partial charge in [0.2, 0.25) is 0 Å². The van der Waals surface area contributed by atoms with Gasteiger partial charge in [0.25, 0.3) is 0 Å². The lowest BCUT2D eigenvalue weighted by atomic mass is 9.98. The standard InChI is InChI=1S/C20H23BrN4/c1-24(2)11-4-10-22-17-8-7-16(21)20-18(17)23-13-15-6-3-5-14-9-12-25(20)19(14)15/h6-9,12-13,22H,3-5,10-11H2,1-2H3. The van der Waals surface area contributed by atoms with Crippen LogP contribution in [0, 0.1) is 0 Å². The van der Waals surface area contributed by atoms with Gasteiger partial charge in [-0.3, -0.25) is 4.99 Å². The molecule has 2 heterocycles. The second-order valence-corrected chi connectivity index (χ2v) is 7.75. The molecule has 0 fully saturated rings. The first-order valence-electron chi connectivity index (χ1n) is 8.81. The maximum absolute atomic E-state index is 4.86. The molecule has 1 aliphatic carbocycles. The molecule has 2 aromatic rings. The van der Waals surface area contributed by atoms with Crippen molar-refractivity contribution in [3.05, 3.63) is 46.2 Å².